The fraction of sp³-hybridized carbons (Fsp3) is 0.176. The Kier molecular flexibility index (Phi) is 6.24. The number of anilines is 1. The fourth-order valence-corrected chi connectivity index (χ4v) is 2.47. The summed E-state index contributed by atoms with van der Waals surface area (Å²) in [5.74, 6) is -0.748. The smallest absolute Gasteiger partial charge is 0.284 e. The molecule has 0 aliphatic carbocycles. The number of halogens is 1. The van der Waals surface area contributed by atoms with Gasteiger partial charge in [0.05, 0.1) is 34.2 Å². The van der Waals surface area contributed by atoms with E-state index in [4.69, 9.17) is 4.74 Å². The summed E-state index contributed by atoms with van der Waals surface area (Å²) in [6.07, 6.45) is 0. The number of hydrogen-bond donors (Lipinski definition) is 1. The van der Waals surface area contributed by atoms with Crippen molar-refractivity contribution in [3.8, 4) is 5.75 Å². The highest BCUT2D eigenvalue weighted by Gasteiger charge is 2.24. The first-order chi connectivity index (χ1) is 12.0. The van der Waals surface area contributed by atoms with Gasteiger partial charge in [0.15, 0.2) is 5.78 Å². The molecule has 0 radical (unpaired) electrons. The zero-order valence-corrected chi connectivity index (χ0v) is 14.9. The van der Waals surface area contributed by atoms with Crippen molar-refractivity contribution in [2.45, 2.75) is 6.92 Å². The highest BCUT2D eigenvalue weighted by molar-refractivity contribution is 9.09. The molecule has 0 saturated carbocycles. The van der Waals surface area contributed by atoms with Crippen LogP contribution in [-0.4, -0.2) is 28.6 Å². The lowest BCUT2D eigenvalue weighted by Crippen LogP contribution is -2.14. The van der Waals surface area contributed by atoms with E-state index in [0.717, 1.165) is 6.07 Å². The van der Waals surface area contributed by atoms with Crippen LogP contribution in [0.5, 0.6) is 5.75 Å². The van der Waals surface area contributed by atoms with Gasteiger partial charge in [0.1, 0.15) is 5.75 Å². The number of alkyl halides is 1. The summed E-state index contributed by atoms with van der Waals surface area (Å²) >= 11 is 3.01. The van der Waals surface area contributed by atoms with Crippen molar-refractivity contribution in [3.05, 3.63) is 63.7 Å². The normalized spacial score (nSPS) is 10.2. The summed E-state index contributed by atoms with van der Waals surface area (Å²) in [5, 5.41) is 13.8. The number of ketones is 1. The monoisotopic (exact) mass is 406 g/mol. The van der Waals surface area contributed by atoms with Crippen LogP contribution in [0.15, 0.2) is 42.5 Å². The number of carbonyl (C=O) groups excluding carboxylic acids is 2. The molecule has 0 spiro atoms. The molecule has 0 unspecified atom stereocenters. The van der Waals surface area contributed by atoms with E-state index >= 15 is 0 Å². The molecule has 0 aromatic heterocycles. The van der Waals surface area contributed by atoms with E-state index in [1.807, 2.05) is 0 Å². The highest BCUT2D eigenvalue weighted by atomic mass is 79.9. The van der Waals surface area contributed by atoms with Crippen molar-refractivity contribution < 1.29 is 19.2 Å². The lowest BCUT2D eigenvalue weighted by atomic mass is 10.1. The van der Waals surface area contributed by atoms with Crippen LogP contribution in [0.2, 0.25) is 0 Å². The average molecular weight is 407 g/mol. The van der Waals surface area contributed by atoms with Gasteiger partial charge in [0, 0.05) is 5.56 Å². The Morgan fingerprint density at radius 2 is 1.92 bits per heavy atom. The Balaban J connectivity index is 2.49. The van der Waals surface area contributed by atoms with Gasteiger partial charge in [-0.1, -0.05) is 34.1 Å². The van der Waals surface area contributed by atoms with Gasteiger partial charge >= 0.3 is 0 Å². The Morgan fingerprint density at radius 1 is 1.24 bits per heavy atom. The van der Waals surface area contributed by atoms with Gasteiger partial charge in [-0.25, -0.2) is 0 Å². The number of nitro benzene ring substituents is 1. The molecule has 25 heavy (non-hydrogen) atoms. The number of hydrogen-bond acceptors (Lipinski definition) is 5. The molecule has 0 atom stereocenters. The lowest BCUT2D eigenvalue weighted by molar-refractivity contribution is -0.385. The number of amides is 1. The molecule has 8 heteroatoms. The van der Waals surface area contributed by atoms with Crippen molar-refractivity contribution in [3.63, 3.8) is 0 Å². The van der Waals surface area contributed by atoms with Crippen LogP contribution in [-0.2, 0) is 0 Å². The maximum atomic E-state index is 12.3. The van der Waals surface area contributed by atoms with Gasteiger partial charge < -0.3 is 10.1 Å². The van der Waals surface area contributed by atoms with Crippen LogP contribution in [0.4, 0.5) is 11.4 Å². The van der Waals surface area contributed by atoms with E-state index in [9.17, 15) is 19.7 Å². The summed E-state index contributed by atoms with van der Waals surface area (Å²) < 4.78 is 5.39. The van der Waals surface area contributed by atoms with E-state index in [-0.39, 0.29) is 34.6 Å². The van der Waals surface area contributed by atoms with Crippen LogP contribution in [0.3, 0.4) is 0 Å². The third-order valence-electron chi connectivity index (χ3n) is 3.30. The molecular weight excluding hydrogens is 392 g/mol. The minimum absolute atomic E-state index is 0.0755. The second kappa shape index (κ2) is 8.39. The first-order valence-corrected chi connectivity index (χ1v) is 8.50. The van der Waals surface area contributed by atoms with Crippen LogP contribution >= 0.6 is 15.9 Å². The molecular formula is C17H15BrN2O5. The fourth-order valence-electron chi connectivity index (χ4n) is 2.17. The Bertz CT molecular complexity index is 808. The van der Waals surface area contributed by atoms with Gasteiger partial charge in [0.25, 0.3) is 11.6 Å². The Hall–Kier alpha value is -2.74. The van der Waals surface area contributed by atoms with Gasteiger partial charge in [-0.05, 0) is 25.1 Å². The number of ether oxygens (including phenoxy) is 1. The molecule has 2 rings (SSSR count). The van der Waals surface area contributed by atoms with Crippen molar-refractivity contribution in [2.24, 2.45) is 0 Å². The average Bonchev–Trinajstić information content (AvgIpc) is 2.62. The van der Waals surface area contributed by atoms with Gasteiger partial charge in [-0.3, -0.25) is 19.7 Å². The van der Waals surface area contributed by atoms with E-state index in [2.05, 4.69) is 21.2 Å². The van der Waals surface area contributed by atoms with Crippen molar-refractivity contribution in [1.29, 1.82) is 0 Å². The summed E-state index contributed by atoms with van der Waals surface area (Å²) in [5.41, 5.74) is 0.140. The number of nitro groups is 1. The summed E-state index contributed by atoms with van der Waals surface area (Å²) in [6, 6.07) is 10.9. The zero-order valence-electron chi connectivity index (χ0n) is 13.3. The predicted molar refractivity (Wildman–Crippen MR) is 96.8 cm³/mol. The maximum Gasteiger partial charge on any atom is 0.284 e. The van der Waals surface area contributed by atoms with Crippen LogP contribution < -0.4 is 10.1 Å². The summed E-state index contributed by atoms with van der Waals surface area (Å²) in [7, 11) is 0. The largest absolute Gasteiger partial charge is 0.491 e. The minimum atomic E-state index is -0.652. The molecule has 0 aliphatic heterocycles. The quantitative estimate of drug-likeness (QED) is 0.326. The second-order valence-electron chi connectivity index (χ2n) is 4.93. The molecule has 7 nitrogen and oxygen atoms in total. The zero-order chi connectivity index (χ0) is 18.4. The number of nitrogens with one attached hydrogen (secondary N) is 1. The van der Waals surface area contributed by atoms with Crippen LogP contribution in [0.25, 0.3) is 0 Å². The summed E-state index contributed by atoms with van der Waals surface area (Å²) in [6.45, 7) is 1.96. The van der Waals surface area contributed by atoms with Gasteiger partial charge in [0.2, 0.25) is 0 Å². The standard InChI is InChI=1S/C17H15BrN2O5/c1-2-25-16-9-14(20(23)24)12(15(21)10-18)8-13(16)19-17(22)11-6-4-3-5-7-11/h3-9H,2,10H2,1H3,(H,19,22). The Morgan fingerprint density at radius 3 is 2.48 bits per heavy atom. The maximum absolute atomic E-state index is 12.3. The predicted octanol–water partition coefficient (Wildman–Crippen LogP) is 3.82. The number of Topliss-reactive ketones (excluding diaryl/α,β-unsaturated/α-hetero) is 1. The first kappa shape index (κ1) is 18.6. The third kappa shape index (κ3) is 4.42. The van der Waals surface area contributed by atoms with Crippen LogP contribution in [0, 0.1) is 10.1 Å². The molecule has 0 fully saturated rings. The summed E-state index contributed by atoms with van der Waals surface area (Å²) in [4.78, 5) is 35.0. The minimum Gasteiger partial charge on any atom is -0.491 e. The molecule has 2 aromatic rings. The second-order valence-corrected chi connectivity index (χ2v) is 5.49. The van der Waals surface area contributed by atoms with Crippen LogP contribution in [0.1, 0.15) is 27.6 Å². The first-order valence-electron chi connectivity index (χ1n) is 7.38. The van der Waals surface area contributed by atoms with E-state index in [1.165, 1.54) is 6.07 Å². The van der Waals surface area contributed by atoms with E-state index in [0.29, 0.717) is 5.56 Å². The molecule has 0 aliphatic rings. The molecule has 0 bridgehead atoms. The molecule has 0 saturated heterocycles. The van der Waals surface area contributed by atoms with Crippen molar-refractivity contribution >= 4 is 39.0 Å². The number of rotatable bonds is 7. The SMILES string of the molecule is CCOc1cc([N+](=O)[O-])c(C(=O)CBr)cc1NC(=O)c1ccccc1. The third-order valence-corrected chi connectivity index (χ3v) is 3.81. The van der Waals surface area contributed by atoms with E-state index < -0.39 is 16.6 Å². The number of carbonyl (C=O) groups is 2. The topological polar surface area (TPSA) is 98.5 Å². The number of nitrogens with zero attached hydrogens (tertiary/aromatic N) is 1. The molecule has 1 amide bonds. The lowest BCUT2D eigenvalue weighted by Gasteiger charge is -2.13. The molecule has 2 aromatic carbocycles. The molecule has 1 N–H and O–H groups in total. The Labute approximate surface area is 152 Å². The van der Waals surface area contributed by atoms with Crippen molar-refractivity contribution in [2.75, 3.05) is 17.3 Å². The molecule has 0 heterocycles. The van der Waals surface area contributed by atoms with Crippen molar-refractivity contribution in [1.82, 2.24) is 0 Å². The van der Waals surface area contributed by atoms with Gasteiger partial charge in [-0.2, -0.15) is 0 Å². The number of benzene rings is 2. The highest BCUT2D eigenvalue weighted by Crippen LogP contribution is 2.34. The molecule has 130 valence electrons. The van der Waals surface area contributed by atoms with Gasteiger partial charge in [-0.15, -0.1) is 0 Å². The van der Waals surface area contributed by atoms with E-state index in [1.54, 1.807) is 37.3 Å².